The molecule has 7 aromatic rings. The monoisotopic (exact) mass is 478 g/mol. The lowest BCUT2D eigenvalue weighted by Crippen LogP contribution is -2.01. The molecule has 3 heteroatoms. The molecule has 170 valence electrons. The molecule has 0 saturated heterocycles. The average molecular weight is 479 g/mol. The number of hydrogen-bond donors (Lipinski definition) is 1. The molecule has 6 aromatic carbocycles. The van der Waals surface area contributed by atoms with E-state index in [2.05, 4.69) is 131 Å². The lowest BCUT2D eigenvalue weighted by molar-refractivity contribution is 1.14. The molecule has 1 N–H and O–H groups in total. The van der Waals surface area contributed by atoms with Gasteiger partial charge in [0.1, 0.15) is 5.37 Å². The van der Waals surface area contributed by atoms with Crippen molar-refractivity contribution >= 4 is 60.8 Å². The van der Waals surface area contributed by atoms with E-state index in [1.165, 1.54) is 65.2 Å². The molecule has 0 spiro atoms. The second kappa shape index (κ2) is 7.64. The Balaban J connectivity index is 1.33. The van der Waals surface area contributed by atoms with Gasteiger partial charge in [-0.1, -0.05) is 103 Å². The second-order valence-electron chi connectivity index (χ2n) is 9.43. The fourth-order valence-electron chi connectivity index (χ4n) is 5.77. The summed E-state index contributed by atoms with van der Waals surface area (Å²) in [6.07, 6.45) is 0. The third-order valence-corrected chi connectivity index (χ3v) is 8.63. The number of benzene rings is 6. The van der Waals surface area contributed by atoms with Crippen molar-refractivity contribution in [2.75, 3.05) is 5.32 Å². The van der Waals surface area contributed by atoms with Crippen LogP contribution in [0, 0.1) is 0 Å². The molecular weight excluding hydrogens is 456 g/mol. The minimum absolute atomic E-state index is 0.235. The lowest BCUT2D eigenvalue weighted by atomic mass is 9.99. The van der Waals surface area contributed by atoms with Gasteiger partial charge in [0.25, 0.3) is 0 Å². The Morgan fingerprint density at radius 1 is 0.583 bits per heavy atom. The molecule has 0 aliphatic carbocycles. The summed E-state index contributed by atoms with van der Waals surface area (Å²) in [6, 6.07) is 44.1. The molecule has 1 atom stereocenters. The average Bonchev–Trinajstić information content (AvgIpc) is 3.53. The number of nitrogens with zero attached hydrogens (tertiary/aromatic N) is 1. The zero-order valence-corrected chi connectivity index (χ0v) is 20.3. The summed E-state index contributed by atoms with van der Waals surface area (Å²) in [5, 5.41) is 11.8. The van der Waals surface area contributed by atoms with Crippen LogP contribution in [0.25, 0.3) is 49.0 Å². The number of anilines is 1. The number of nitrogens with one attached hydrogen (secondary N) is 1. The largest absolute Gasteiger partial charge is 0.368 e. The Morgan fingerprint density at radius 2 is 1.25 bits per heavy atom. The smallest absolute Gasteiger partial charge is 0.103 e. The molecule has 0 fully saturated rings. The molecule has 1 aromatic heterocycles. The van der Waals surface area contributed by atoms with Crippen LogP contribution < -0.4 is 5.32 Å². The van der Waals surface area contributed by atoms with Gasteiger partial charge in [0.2, 0.25) is 0 Å². The van der Waals surface area contributed by atoms with Gasteiger partial charge in [0.05, 0.1) is 16.7 Å². The number of thioether (sulfide) groups is 1. The minimum Gasteiger partial charge on any atom is -0.368 e. The van der Waals surface area contributed by atoms with Crippen LogP contribution in [0.4, 0.5) is 5.69 Å². The number of para-hydroxylation sites is 2. The van der Waals surface area contributed by atoms with Crippen molar-refractivity contribution in [3.8, 4) is 5.69 Å². The topological polar surface area (TPSA) is 17.0 Å². The summed E-state index contributed by atoms with van der Waals surface area (Å²) in [4.78, 5) is 1.32. The van der Waals surface area contributed by atoms with E-state index in [1.807, 2.05) is 11.8 Å². The van der Waals surface area contributed by atoms with Crippen molar-refractivity contribution < 1.29 is 0 Å². The van der Waals surface area contributed by atoms with Gasteiger partial charge < -0.3 is 9.88 Å². The maximum Gasteiger partial charge on any atom is 0.103 e. The predicted octanol–water partition coefficient (Wildman–Crippen LogP) is 9.31. The van der Waals surface area contributed by atoms with Gasteiger partial charge >= 0.3 is 0 Å². The molecule has 8 rings (SSSR count). The Labute approximate surface area is 213 Å². The highest BCUT2D eigenvalue weighted by atomic mass is 32.2. The third kappa shape index (κ3) is 2.87. The fourth-order valence-corrected chi connectivity index (χ4v) is 6.92. The van der Waals surface area contributed by atoms with Gasteiger partial charge in [-0.2, -0.15) is 0 Å². The first-order valence-corrected chi connectivity index (χ1v) is 13.2. The lowest BCUT2D eigenvalue weighted by Gasteiger charge is -2.14. The summed E-state index contributed by atoms with van der Waals surface area (Å²) in [6.45, 7) is 0. The van der Waals surface area contributed by atoms with Gasteiger partial charge in [0, 0.05) is 26.7 Å². The van der Waals surface area contributed by atoms with E-state index in [0.717, 1.165) is 0 Å². The van der Waals surface area contributed by atoms with E-state index >= 15 is 0 Å². The quantitative estimate of drug-likeness (QED) is 0.249. The summed E-state index contributed by atoms with van der Waals surface area (Å²) < 4.78 is 2.39. The van der Waals surface area contributed by atoms with E-state index in [4.69, 9.17) is 0 Å². The van der Waals surface area contributed by atoms with Crippen molar-refractivity contribution in [3.05, 3.63) is 127 Å². The second-order valence-corrected chi connectivity index (χ2v) is 10.6. The molecule has 1 aliphatic rings. The fraction of sp³-hybridized carbons (Fsp3) is 0.0303. The summed E-state index contributed by atoms with van der Waals surface area (Å²) >= 11 is 1.90. The maximum absolute atomic E-state index is 3.83. The van der Waals surface area contributed by atoms with E-state index in [0.29, 0.717) is 0 Å². The van der Waals surface area contributed by atoms with E-state index in [9.17, 15) is 0 Å². The van der Waals surface area contributed by atoms with Crippen LogP contribution in [0.2, 0.25) is 0 Å². The van der Waals surface area contributed by atoms with Gasteiger partial charge in [-0.3, -0.25) is 0 Å². The Bertz CT molecular complexity index is 1900. The number of hydrogen-bond acceptors (Lipinski definition) is 2. The predicted molar refractivity (Wildman–Crippen MR) is 154 cm³/mol. The van der Waals surface area contributed by atoms with E-state index < -0.39 is 0 Å². The zero-order valence-electron chi connectivity index (χ0n) is 19.5. The van der Waals surface area contributed by atoms with E-state index in [-0.39, 0.29) is 5.37 Å². The van der Waals surface area contributed by atoms with Gasteiger partial charge in [-0.25, -0.2) is 0 Å². The van der Waals surface area contributed by atoms with Crippen LogP contribution in [0.15, 0.2) is 126 Å². The van der Waals surface area contributed by atoms with Crippen molar-refractivity contribution in [2.45, 2.75) is 10.3 Å². The number of rotatable bonds is 2. The van der Waals surface area contributed by atoms with Crippen LogP contribution >= 0.6 is 11.8 Å². The summed E-state index contributed by atoms with van der Waals surface area (Å²) in [7, 11) is 0. The standard InChI is InChI=1S/C33H22N2S/c1-2-8-22(9-3-1)33-34-32-30(36-33)19-16-21-14-15-23-20-24(17-18-25(23)31(21)32)35-28-12-6-4-10-26(28)27-11-5-7-13-29(27)35/h1-20,33-34H/t33-/m0/s1. The minimum atomic E-state index is 0.235. The highest BCUT2D eigenvalue weighted by Gasteiger charge is 2.25. The van der Waals surface area contributed by atoms with Crippen LogP contribution in [-0.2, 0) is 0 Å². The first-order valence-electron chi connectivity index (χ1n) is 12.3. The van der Waals surface area contributed by atoms with Crippen molar-refractivity contribution in [1.82, 2.24) is 4.57 Å². The van der Waals surface area contributed by atoms with E-state index in [1.54, 1.807) is 0 Å². The van der Waals surface area contributed by atoms with Crippen molar-refractivity contribution in [3.63, 3.8) is 0 Å². The summed E-state index contributed by atoms with van der Waals surface area (Å²) in [5.74, 6) is 0. The number of aromatic nitrogens is 1. The summed E-state index contributed by atoms with van der Waals surface area (Å²) in [5.41, 5.74) is 6.23. The normalized spacial score (nSPS) is 15.1. The molecule has 0 bridgehead atoms. The van der Waals surface area contributed by atoms with Gasteiger partial charge in [-0.05, 0) is 52.1 Å². The number of fused-ring (bicyclic) bond motifs is 8. The zero-order chi connectivity index (χ0) is 23.6. The highest BCUT2D eigenvalue weighted by molar-refractivity contribution is 8.00. The highest BCUT2D eigenvalue weighted by Crippen LogP contribution is 2.50. The molecule has 1 aliphatic heterocycles. The van der Waals surface area contributed by atoms with Crippen LogP contribution in [0.3, 0.4) is 0 Å². The molecule has 2 nitrogen and oxygen atoms in total. The molecule has 0 radical (unpaired) electrons. The van der Waals surface area contributed by atoms with Crippen LogP contribution in [0.1, 0.15) is 10.9 Å². The van der Waals surface area contributed by atoms with Crippen LogP contribution in [0.5, 0.6) is 0 Å². The van der Waals surface area contributed by atoms with Crippen LogP contribution in [-0.4, -0.2) is 4.57 Å². The van der Waals surface area contributed by atoms with Gasteiger partial charge in [0.15, 0.2) is 0 Å². The Kier molecular flexibility index (Phi) is 4.25. The first kappa shape index (κ1) is 20.0. The van der Waals surface area contributed by atoms with Crippen molar-refractivity contribution in [2.24, 2.45) is 0 Å². The first-order chi connectivity index (χ1) is 17.8. The molecular formula is C33H22N2S. The third-order valence-electron chi connectivity index (χ3n) is 7.41. The van der Waals surface area contributed by atoms with Gasteiger partial charge in [-0.15, -0.1) is 0 Å². The molecule has 0 amide bonds. The molecule has 36 heavy (non-hydrogen) atoms. The maximum atomic E-state index is 3.83. The Hall–Kier alpha value is -4.21. The molecule has 0 unspecified atom stereocenters. The Morgan fingerprint density at radius 3 is 2.03 bits per heavy atom. The SMILES string of the molecule is c1ccc([C@H]2Nc3c(ccc4ccc5cc(-n6c7ccccc7c7ccccc76)ccc5c34)S2)cc1. The molecule has 2 heterocycles. The molecule has 0 saturated carbocycles. The van der Waals surface area contributed by atoms with Crippen molar-refractivity contribution in [1.29, 1.82) is 0 Å².